The summed E-state index contributed by atoms with van der Waals surface area (Å²) in [7, 11) is -3.26. The summed E-state index contributed by atoms with van der Waals surface area (Å²) >= 11 is 0. The molecule has 0 saturated heterocycles. The van der Waals surface area contributed by atoms with E-state index in [1.54, 1.807) is 24.0 Å². The van der Waals surface area contributed by atoms with E-state index in [4.69, 9.17) is 0 Å². The maximum Gasteiger partial charge on any atom is 0.253 e. The van der Waals surface area contributed by atoms with Crippen LogP contribution in [0.15, 0.2) is 54.6 Å². The number of benzene rings is 3. The van der Waals surface area contributed by atoms with Gasteiger partial charge in [-0.3, -0.25) is 18.7 Å². The Morgan fingerprint density at radius 2 is 1.60 bits per heavy atom. The standard InChI is InChI=1S/C38H51F2N3O6S/c1-6-10-43(11-7-2)38(47)29-13-24(5)12-28(17-29)37(46)42-33(16-25-14-30(39)19-31(40)15-25)34(45)20-41-36-32-18-26(23(3)4)8-9-27(32)22-50(48,49)35(36)21-44/h8-9,12-15,17-19,23,33-36,41,44-45,48-49H,6-7,10-11,16,20-22H2,1-5H3,(H,42,46)/t33-,34+,35+,36+/m0/s1. The molecule has 0 radical (unpaired) electrons. The topological polar surface area (TPSA) is 142 Å². The molecule has 1 heterocycles. The predicted molar refractivity (Wildman–Crippen MR) is 194 cm³/mol. The molecule has 3 aromatic rings. The maximum absolute atomic E-state index is 14.2. The maximum atomic E-state index is 14.2. The normalized spacial score (nSPS) is 18.6. The van der Waals surface area contributed by atoms with Gasteiger partial charge < -0.3 is 25.7 Å². The number of carbonyl (C=O) groups is 2. The molecule has 50 heavy (non-hydrogen) atoms. The second kappa shape index (κ2) is 17.2. The summed E-state index contributed by atoms with van der Waals surface area (Å²) in [5.41, 5.74) is 3.95. The van der Waals surface area contributed by atoms with Gasteiger partial charge in [-0.25, -0.2) is 8.78 Å². The number of hydrogen-bond donors (Lipinski definition) is 6. The first-order valence-corrected chi connectivity index (χ1v) is 19.0. The van der Waals surface area contributed by atoms with Gasteiger partial charge >= 0.3 is 0 Å². The van der Waals surface area contributed by atoms with Crippen LogP contribution < -0.4 is 10.6 Å². The third-order valence-electron chi connectivity index (χ3n) is 9.14. The van der Waals surface area contributed by atoms with Gasteiger partial charge in [0.15, 0.2) is 0 Å². The van der Waals surface area contributed by atoms with Crippen molar-refractivity contribution in [2.45, 2.75) is 89.0 Å². The number of aryl methyl sites for hydroxylation is 1. The smallest absolute Gasteiger partial charge is 0.253 e. The van der Waals surface area contributed by atoms with Gasteiger partial charge in [-0.15, -0.1) is 0 Å². The van der Waals surface area contributed by atoms with Crippen molar-refractivity contribution in [3.63, 3.8) is 0 Å². The van der Waals surface area contributed by atoms with Crippen molar-refractivity contribution >= 4 is 22.4 Å². The molecule has 0 spiro atoms. The number of carbonyl (C=O) groups excluding carboxylic acids is 2. The SMILES string of the molecule is CCCN(CCC)C(=O)c1cc(C)cc(C(=O)N[C@@H](Cc2cc(F)cc(F)c2)[C@H](O)CN[C@@H]2c3cc(C(C)C)ccc3CS(O)(O)[C@@H]2CO)c1. The number of aliphatic hydroxyl groups is 2. The molecule has 3 aromatic carbocycles. The van der Waals surface area contributed by atoms with E-state index in [1.165, 1.54) is 6.07 Å². The first kappa shape index (κ1) is 39.4. The predicted octanol–water partition coefficient (Wildman–Crippen LogP) is 6.32. The van der Waals surface area contributed by atoms with Crippen LogP contribution in [-0.4, -0.2) is 79.7 Å². The van der Waals surface area contributed by atoms with E-state index >= 15 is 0 Å². The first-order valence-electron chi connectivity index (χ1n) is 17.2. The molecule has 274 valence electrons. The second-order valence-corrected chi connectivity index (χ2v) is 15.9. The zero-order valence-electron chi connectivity index (χ0n) is 29.5. The molecule has 1 aliphatic heterocycles. The lowest BCUT2D eigenvalue weighted by molar-refractivity contribution is 0.0755. The summed E-state index contributed by atoms with van der Waals surface area (Å²) in [6.45, 7) is 10.3. The summed E-state index contributed by atoms with van der Waals surface area (Å²) in [5, 5.41) is 27.0. The summed E-state index contributed by atoms with van der Waals surface area (Å²) < 4.78 is 50.4. The van der Waals surface area contributed by atoms with Gasteiger partial charge in [0.25, 0.3) is 11.8 Å². The van der Waals surface area contributed by atoms with Crippen molar-refractivity contribution in [2.75, 3.05) is 26.2 Å². The van der Waals surface area contributed by atoms with E-state index in [9.17, 15) is 37.7 Å². The Balaban J connectivity index is 1.64. The molecule has 1 aliphatic rings. The van der Waals surface area contributed by atoms with E-state index in [2.05, 4.69) is 10.6 Å². The molecule has 9 nitrogen and oxygen atoms in total. The van der Waals surface area contributed by atoms with Gasteiger partial charge in [-0.2, -0.15) is 10.6 Å². The number of fused-ring (bicyclic) bond motifs is 1. The van der Waals surface area contributed by atoms with Gasteiger partial charge in [-0.1, -0.05) is 45.9 Å². The lowest BCUT2D eigenvalue weighted by atomic mass is 9.91. The quantitative estimate of drug-likeness (QED) is 0.108. The molecule has 6 N–H and O–H groups in total. The van der Waals surface area contributed by atoms with E-state index in [1.807, 2.05) is 45.9 Å². The number of halogens is 2. The fourth-order valence-electron chi connectivity index (χ4n) is 6.60. The van der Waals surface area contributed by atoms with Crippen molar-refractivity contribution < 1.29 is 37.7 Å². The van der Waals surface area contributed by atoms with Crippen molar-refractivity contribution in [1.29, 1.82) is 0 Å². The molecule has 4 atom stereocenters. The van der Waals surface area contributed by atoms with Crippen molar-refractivity contribution in [2.24, 2.45) is 0 Å². The Kier molecular flexibility index (Phi) is 13.6. The van der Waals surface area contributed by atoms with Crippen molar-refractivity contribution in [3.05, 3.63) is 105 Å². The van der Waals surface area contributed by atoms with Gasteiger partial charge in [0.1, 0.15) is 11.6 Å². The highest BCUT2D eigenvalue weighted by molar-refractivity contribution is 8.24. The van der Waals surface area contributed by atoms with Crippen LogP contribution in [-0.2, 0) is 12.2 Å². The van der Waals surface area contributed by atoms with Crippen LogP contribution in [0.25, 0.3) is 0 Å². The molecule has 0 fully saturated rings. The largest absolute Gasteiger partial charge is 0.394 e. The van der Waals surface area contributed by atoms with Crippen LogP contribution >= 0.6 is 10.6 Å². The van der Waals surface area contributed by atoms with Crippen LogP contribution in [0.4, 0.5) is 8.78 Å². The molecule has 0 aromatic heterocycles. The Morgan fingerprint density at radius 3 is 2.20 bits per heavy atom. The third-order valence-corrected chi connectivity index (χ3v) is 11.3. The minimum Gasteiger partial charge on any atom is -0.394 e. The minimum atomic E-state index is -3.26. The second-order valence-electron chi connectivity index (χ2n) is 13.6. The molecule has 0 unspecified atom stereocenters. The van der Waals surface area contributed by atoms with E-state index in [0.717, 1.165) is 42.2 Å². The average Bonchev–Trinajstić information content (AvgIpc) is 3.04. The molecule has 12 heteroatoms. The van der Waals surface area contributed by atoms with Gasteiger partial charge in [0.05, 0.1) is 35.8 Å². The van der Waals surface area contributed by atoms with E-state index in [-0.39, 0.29) is 41.7 Å². The van der Waals surface area contributed by atoms with E-state index < -0.39 is 58.2 Å². The lowest BCUT2D eigenvalue weighted by Gasteiger charge is -2.48. The molecule has 0 saturated carbocycles. The highest BCUT2D eigenvalue weighted by atomic mass is 32.3. The average molecular weight is 716 g/mol. The molecular weight excluding hydrogens is 664 g/mol. The van der Waals surface area contributed by atoms with Gasteiger partial charge in [-0.05, 0) is 90.3 Å². The molecule has 0 aliphatic carbocycles. The van der Waals surface area contributed by atoms with Crippen LogP contribution in [0, 0.1) is 18.6 Å². The number of amides is 2. The summed E-state index contributed by atoms with van der Waals surface area (Å²) in [4.78, 5) is 28.9. The molecular formula is C38H51F2N3O6S. The number of hydrogen-bond acceptors (Lipinski definition) is 7. The van der Waals surface area contributed by atoms with Crippen LogP contribution in [0.1, 0.15) is 101 Å². The molecule has 0 bridgehead atoms. The van der Waals surface area contributed by atoms with Crippen molar-refractivity contribution in [1.82, 2.24) is 15.5 Å². The molecule has 2 amide bonds. The fourth-order valence-corrected chi connectivity index (χ4v) is 8.45. The van der Waals surface area contributed by atoms with Crippen LogP contribution in [0.3, 0.4) is 0 Å². The summed E-state index contributed by atoms with van der Waals surface area (Å²) in [5.74, 6) is -2.22. The lowest BCUT2D eigenvalue weighted by Crippen LogP contribution is -2.51. The number of nitrogens with one attached hydrogen (secondary N) is 2. The minimum absolute atomic E-state index is 0.00782. The zero-order valence-corrected chi connectivity index (χ0v) is 30.3. The molecule has 4 rings (SSSR count). The zero-order chi connectivity index (χ0) is 36.7. The monoisotopic (exact) mass is 715 g/mol. The van der Waals surface area contributed by atoms with Gasteiger partial charge in [0.2, 0.25) is 0 Å². The van der Waals surface area contributed by atoms with Gasteiger partial charge in [0, 0.05) is 36.8 Å². The van der Waals surface area contributed by atoms with Crippen LogP contribution in [0.5, 0.6) is 0 Å². The summed E-state index contributed by atoms with van der Waals surface area (Å²) in [6.07, 6.45) is 0.0878. The Bertz CT molecular complexity index is 1630. The Labute approximate surface area is 295 Å². The van der Waals surface area contributed by atoms with E-state index in [0.29, 0.717) is 29.8 Å². The van der Waals surface area contributed by atoms with Crippen LogP contribution in [0.2, 0.25) is 0 Å². The fraction of sp³-hybridized carbons (Fsp3) is 0.474. The number of rotatable bonds is 15. The highest BCUT2D eigenvalue weighted by Gasteiger charge is 2.40. The third kappa shape index (κ3) is 9.68. The summed E-state index contributed by atoms with van der Waals surface area (Å²) in [6, 6.07) is 11.8. The Hall–Kier alpha value is -3.39. The highest BCUT2D eigenvalue weighted by Crippen LogP contribution is 2.56. The number of nitrogens with zero attached hydrogens (tertiary/aromatic N) is 1. The Morgan fingerprint density at radius 1 is 0.960 bits per heavy atom. The first-order chi connectivity index (χ1) is 23.7. The van der Waals surface area contributed by atoms with Crippen molar-refractivity contribution in [3.8, 4) is 0 Å². The number of aliphatic hydroxyl groups excluding tert-OH is 2.